The lowest BCUT2D eigenvalue weighted by Gasteiger charge is -2.06. The molecule has 3 N–H and O–H groups in total. The Morgan fingerprint density at radius 1 is 1.07 bits per heavy atom. The molecule has 0 aliphatic rings. The van der Waals surface area contributed by atoms with Gasteiger partial charge in [0.2, 0.25) is 0 Å². The number of hydrogen-bond donors (Lipinski definition) is 2. The summed E-state index contributed by atoms with van der Waals surface area (Å²) in [4.78, 5) is 3.88. The highest BCUT2D eigenvalue weighted by Crippen LogP contribution is 2.22. The molecule has 0 aliphatic heterocycles. The van der Waals surface area contributed by atoms with Gasteiger partial charge >= 0.3 is 6.18 Å². The van der Waals surface area contributed by atoms with E-state index >= 15 is 0 Å². The Bertz CT molecular complexity index is 919. The Kier molecular flexibility index (Phi) is 6.08. The first-order valence-corrected chi connectivity index (χ1v) is 7.57. The number of nitrogens with two attached hydrogens (primary N) is 1. The van der Waals surface area contributed by atoms with Crippen molar-refractivity contribution in [2.45, 2.75) is 6.18 Å². The molecule has 27 heavy (non-hydrogen) atoms. The van der Waals surface area contributed by atoms with Crippen LogP contribution >= 0.6 is 0 Å². The van der Waals surface area contributed by atoms with Gasteiger partial charge in [0, 0.05) is 23.4 Å². The van der Waals surface area contributed by atoms with Gasteiger partial charge in [-0.2, -0.15) is 13.2 Å². The Labute approximate surface area is 154 Å². The van der Waals surface area contributed by atoms with E-state index < -0.39 is 17.6 Å². The maximum absolute atomic E-state index is 12.5. The molecule has 140 valence electrons. The number of methoxy groups -OCH3 is 2. The highest BCUT2D eigenvalue weighted by atomic mass is 19.4. The van der Waals surface area contributed by atoms with Crippen molar-refractivity contribution in [2.75, 3.05) is 14.2 Å². The van der Waals surface area contributed by atoms with Gasteiger partial charge in [-0.05, 0) is 30.3 Å². The zero-order valence-corrected chi connectivity index (χ0v) is 14.5. The highest BCUT2D eigenvalue weighted by Gasteiger charge is 2.31. The lowest BCUT2D eigenvalue weighted by Crippen LogP contribution is -2.20. The molecule has 0 saturated heterocycles. The first-order chi connectivity index (χ1) is 12.7. The van der Waals surface area contributed by atoms with E-state index in [-0.39, 0.29) is 5.69 Å². The second-order valence-corrected chi connectivity index (χ2v) is 5.29. The monoisotopic (exact) mass is 375 g/mol. The number of rotatable bonds is 4. The van der Waals surface area contributed by atoms with E-state index in [0.29, 0.717) is 28.7 Å². The summed E-state index contributed by atoms with van der Waals surface area (Å²) in [5.74, 6) is 6.93. The number of ether oxygens (including phenoxy) is 2. The van der Waals surface area contributed by atoms with E-state index in [4.69, 9.17) is 20.6 Å². The average molecular weight is 375 g/mol. The van der Waals surface area contributed by atoms with Crippen LogP contribution in [0.5, 0.6) is 11.5 Å². The Morgan fingerprint density at radius 3 is 2.22 bits per heavy atom. The van der Waals surface area contributed by atoms with Crippen molar-refractivity contribution in [3.8, 4) is 23.3 Å². The molecule has 0 fully saturated rings. The number of allylic oxidation sites excluding steroid dienone is 2. The summed E-state index contributed by atoms with van der Waals surface area (Å²) in [6, 6.07) is 8.12. The zero-order chi connectivity index (χ0) is 20.0. The number of aromatic nitrogens is 1. The highest BCUT2D eigenvalue weighted by molar-refractivity contribution is 6.05. The summed E-state index contributed by atoms with van der Waals surface area (Å²) in [5, 5.41) is 7.74. The van der Waals surface area contributed by atoms with Crippen LogP contribution in [0.25, 0.3) is 0 Å². The van der Waals surface area contributed by atoms with Crippen molar-refractivity contribution in [1.29, 1.82) is 5.41 Å². The van der Waals surface area contributed by atoms with Crippen molar-refractivity contribution >= 4 is 5.71 Å². The predicted molar refractivity (Wildman–Crippen MR) is 94.9 cm³/mol. The molecule has 2 aromatic rings. The fourth-order valence-electron chi connectivity index (χ4n) is 1.99. The molecule has 0 aliphatic carbocycles. The van der Waals surface area contributed by atoms with Crippen LogP contribution in [0.2, 0.25) is 0 Å². The van der Waals surface area contributed by atoms with Crippen LogP contribution in [0, 0.1) is 17.3 Å². The lowest BCUT2D eigenvalue weighted by atomic mass is 10.1. The number of hydrogen-bond acceptors (Lipinski definition) is 5. The standard InChI is InChI=1S/C19H16F3N3O2/c1-26-14-7-13(8-15(10-14)27-2)4-3-12-5-6-25-17(9-12)16(23)11-18(24)19(20,21)22/h5-11,23H,24H2,1-2H3. The molecule has 1 aromatic carbocycles. The molecule has 0 spiro atoms. The fourth-order valence-corrected chi connectivity index (χ4v) is 1.99. The molecule has 1 aromatic heterocycles. The molecule has 8 heteroatoms. The number of nitrogens with one attached hydrogen (secondary N) is 1. The summed E-state index contributed by atoms with van der Waals surface area (Å²) in [6.45, 7) is 0. The minimum absolute atomic E-state index is 0.0252. The van der Waals surface area contributed by atoms with E-state index in [1.807, 2.05) is 0 Å². The maximum Gasteiger partial charge on any atom is 0.430 e. The van der Waals surface area contributed by atoms with E-state index in [1.165, 1.54) is 26.5 Å². The van der Waals surface area contributed by atoms with Crippen LogP contribution in [-0.4, -0.2) is 31.1 Å². The molecular formula is C19H16F3N3O2. The number of alkyl halides is 3. The molecule has 0 atom stereocenters. The van der Waals surface area contributed by atoms with Crippen LogP contribution in [0.1, 0.15) is 16.8 Å². The number of nitrogens with zero attached hydrogens (tertiary/aromatic N) is 1. The van der Waals surface area contributed by atoms with Gasteiger partial charge < -0.3 is 15.2 Å². The summed E-state index contributed by atoms with van der Waals surface area (Å²) in [5.41, 5.74) is 4.23. The lowest BCUT2D eigenvalue weighted by molar-refractivity contribution is -0.0925. The van der Waals surface area contributed by atoms with Crippen LogP contribution < -0.4 is 15.2 Å². The fraction of sp³-hybridized carbons (Fsp3) is 0.158. The van der Waals surface area contributed by atoms with E-state index in [9.17, 15) is 13.2 Å². The maximum atomic E-state index is 12.5. The van der Waals surface area contributed by atoms with Gasteiger partial charge in [-0.3, -0.25) is 10.4 Å². The molecular weight excluding hydrogens is 359 g/mol. The number of pyridine rings is 1. The SMILES string of the molecule is COc1cc(C#Cc2ccnc(C(=N)C=C(N)C(F)(F)F)c2)cc(OC)c1. The Hall–Kier alpha value is -3.47. The van der Waals surface area contributed by atoms with Crippen molar-refractivity contribution in [3.05, 3.63) is 65.1 Å². The van der Waals surface area contributed by atoms with E-state index in [0.717, 1.165) is 0 Å². The molecule has 0 saturated carbocycles. The van der Waals surface area contributed by atoms with Crippen molar-refractivity contribution in [3.63, 3.8) is 0 Å². The molecule has 5 nitrogen and oxygen atoms in total. The van der Waals surface area contributed by atoms with Gasteiger partial charge in [-0.1, -0.05) is 11.8 Å². The molecule has 0 unspecified atom stereocenters. The molecule has 2 rings (SSSR count). The summed E-state index contributed by atoms with van der Waals surface area (Å²) in [6.07, 6.45) is -2.82. The smallest absolute Gasteiger partial charge is 0.430 e. The van der Waals surface area contributed by atoms with Crippen molar-refractivity contribution < 1.29 is 22.6 Å². The summed E-state index contributed by atoms with van der Waals surface area (Å²) < 4.78 is 47.8. The summed E-state index contributed by atoms with van der Waals surface area (Å²) >= 11 is 0. The molecule has 1 heterocycles. The normalized spacial score (nSPS) is 11.4. The van der Waals surface area contributed by atoms with Crippen LogP contribution in [0.3, 0.4) is 0 Å². The quantitative estimate of drug-likeness (QED) is 0.635. The van der Waals surface area contributed by atoms with E-state index in [1.54, 1.807) is 24.3 Å². The topological polar surface area (TPSA) is 81.2 Å². The first-order valence-electron chi connectivity index (χ1n) is 7.57. The Balaban J connectivity index is 2.30. The number of benzene rings is 1. The second-order valence-electron chi connectivity index (χ2n) is 5.29. The molecule has 0 amide bonds. The van der Waals surface area contributed by atoms with Gasteiger partial charge in [-0.15, -0.1) is 0 Å². The van der Waals surface area contributed by atoms with Crippen LogP contribution in [-0.2, 0) is 0 Å². The third kappa shape index (κ3) is 5.51. The minimum atomic E-state index is -4.70. The first kappa shape index (κ1) is 19.8. The zero-order valence-electron chi connectivity index (χ0n) is 14.5. The third-order valence-corrected chi connectivity index (χ3v) is 3.37. The van der Waals surface area contributed by atoms with Gasteiger partial charge in [0.05, 0.1) is 25.6 Å². The average Bonchev–Trinajstić information content (AvgIpc) is 2.65. The van der Waals surface area contributed by atoms with Gasteiger partial charge in [0.15, 0.2) is 0 Å². The molecule has 0 radical (unpaired) electrons. The van der Waals surface area contributed by atoms with Crippen LogP contribution in [0.15, 0.2) is 48.3 Å². The van der Waals surface area contributed by atoms with Gasteiger partial charge in [0.1, 0.15) is 17.2 Å². The minimum Gasteiger partial charge on any atom is -0.497 e. The van der Waals surface area contributed by atoms with Gasteiger partial charge in [-0.25, -0.2) is 0 Å². The van der Waals surface area contributed by atoms with Crippen molar-refractivity contribution in [1.82, 2.24) is 4.98 Å². The predicted octanol–water partition coefficient (Wildman–Crippen LogP) is 3.27. The second kappa shape index (κ2) is 8.27. The molecule has 0 bridgehead atoms. The van der Waals surface area contributed by atoms with E-state index in [2.05, 4.69) is 16.8 Å². The largest absolute Gasteiger partial charge is 0.497 e. The third-order valence-electron chi connectivity index (χ3n) is 3.37. The summed E-state index contributed by atoms with van der Waals surface area (Å²) in [7, 11) is 3.04. The van der Waals surface area contributed by atoms with Gasteiger partial charge in [0.25, 0.3) is 0 Å². The number of halogens is 3. The Morgan fingerprint density at radius 2 is 1.67 bits per heavy atom. The van der Waals surface area contributed by atoms with Crippen molar-refractivity contribution in [2.24, 2.45) is 5.73 Å². The van der Waals surface area contributed by atoms with Crippen LogP contribution in [0.4, 0.5) is 13.2 Å².